The summed E-state index contributed by atoms with van der Waals surface area (Å²) in [4.78, 5) is 23.4. The number of carbonyl (C=O) groups excluding carboxylic acids is 1. The van der Waals surface area contributed by atoms with Crippen molar-refractivity contribution in [3.8, 4) is 6.07 Å². The van der Waals surface area contributed by atoms with Gasteiger partial charge in [-0.05, 0) is 12.8 Å². The fraction of sp³-hybridized carbons (Fsp3) is 0.727. The molecule has 1 atom stereocenters. The molecule has 0 fully saturated rings. The molecule has 0 heterocycles. The fourth-order valence-corrected chi connectivity index (χ4v) is 1.18. The largest absolute Gasteiger partial charge is 0.481 e. The molecule has 0 aromatic heterocycles. The summed E-state index contributed by atoms with van der Waals surface area (Å²) < 4.78 is 0. The van der Waals surface area contributed by atoms with Crippen molar-refractivity contribution in [3.63, 3.8) is 0 Å². The molecule has 0 bridgehead atoms. The van der Waals surface area contributed by atoms with E-state index in [9.17, 15) is 9.59 Å². The van der Waals surface area contributed by atoms with Crippen LogP contribution in [0.3, 0.4) is 0 Å². The predicted molar refractivity (Wildman–Crippen MR) is 62.3 cm³/mol. The lowest BCUT2D eigenvalue weighted by Gasteiger charge is -2.16. The molecule has 2 N–H and O–H groups in total. The van der Waals surface area contributed by atoms with E-state index in [2.05, 4.69) is 5.32 Å². The monoisotopic (exact) mass is 241 g/mol. The fourth-order valence-electron chi connectivity index (χ4n) is 1.18. The van der Waals surface area contributed by atoms with E-state index in [0.29, 0.717) is 32.4 Å². The minimum absolute atomic E-state index is 0.233. The number of nitrogens with one attached hydrogen (secondary N) is 1. The van der Waals surface area contributed by atoms with Gasteiger partial charge in [0.2, 0.25) is 0 Å². The highest BCUT2D eigenvalue weighted by Crippen LogP contribution is 2.04. The smallest absolute Gasteiger partial charge is 0.317 e. The number of carbonyl (C=O) groups is 2. The predicted octanol–water partition coefficient (Wildman–Crippen LogP) is 1.04. The van der Waals surface area contributed by atoms with Crippen molar-refractivity contribution in [2.24, 2.45) is 5.92 Å². The van der Waals surface area contributed by atoms with Crippen LogP contribution in [0, 0.1) is 17.2 Å². The van der Waals surface area contributed by atoms with Gasteiger partial charge in [-0.25, -0.2) is 4.79 Å². The van der Waals surface area contributed by atoms with Crippen LogP contribution in [0.5, 0.6) is 0 Å². The Morgan fingerprint density at radius 3 is 2.71 bits per heavy atom. The van der Waals surface area contributed by atoms with Crippen LogP contribution in [-0.2, 0) is 4.79 Å². The summed E-state index contributed by atoms with van der Waals surface area (Å²) in [5.74, 6) is -1.20. The summed E-state index contributed by atoms with van der Waals surface area (Å²) in [5, 5.41) is 19.7. The Kier molecular flexibility index (Phi) is 7.52. The van der Waals surface area contributed by atoms with Crippen LogP contribution < -0.4 is 5.32 Å². The summed E-state index contributed by atoms with van der Waals surface area (Å²) in [5.41, 5.74) is 0. The third kappa shape index (κ3) is 7.17. The number of aliphatic carboxylic acids is 1. The third-order valence-corrected chi connectivity index (χ3v) is 2.42. The SMILES string of the molecule is CC(CCCNC(=O)N(C)CCC#N)C(=O)O. The summed E-state index contributed by atoms with van der Waals surface area (Å²) in [6, 6.07) is 1.73. The van der Waals surface area contributed by atoms with E-state index in [1.54, 1.807) is 14.0 Å². The zero-order valence-corrected chi connectivity index (χ0v) is 10.3. The zero-order chi connectivity index (χ0) is 13.3. The second-order valence-electron chi connectivity index (χ2n) is 3.94. The van der Waals surface area contributed by atoms with Gasteiger partial charge in [0.15, 0.2) is 0 Å². The van der Waals surface area contributed by atoms with Gasteiger partial charge in [0.25, 0.3) is 0 Å². The van der Waals surface area contributed by atoms with Crippen molar-refractivity contribution < 1.29 is 14.7 Å². The lowest BCUT2D eigenvalue weighted by Crippen LogP contribution is -2.38. The molecule has 6 heteroatoms. The van der Waals surface area contributed by atoms with E-state index in [4.69, 9.17) is 10.4 Å². The second-order valence-corrected chi connectivity index (χ2v) is 3.94. The van der Waals surface area contributed by atoms with Gasteiger partial charge in [-0.15, -0.1) is 0 Å². The molecule has 2 amide bonds. The minimum Gasteiger partial charge on any atom is -0.481 e. The highest BCUT2D eigenvalue weighted by atomic mass is 16.4. The Morgan fingerprint density at radius 1 is 1.53 bits per heavy atom. The number of amides is 2. The van der Waals surface area contributed by atoms with Crippen molar-refractivity contribution in [1.29, 1.82) is 5.26 Å². The molecule has 0 rings (SSSR count). The standard InChI is InChI=1S/C11H19N3O3/c1-9(10(15)16)5-3-7-13-11(17)14(2)8-4-6-12/h9H,3-5,7-8H2,1-2H3,(H,13,17)(H,15,16). The summed E-state index contributed by atoms with van der Waals surface area (Å²) >= 11 is 0. The van der Waals surface area contributed by atoms with E-state index in [0.717, 1.165) is 0 Å². The highest BCUT2D eigenvalue weighted by Gasteiger charge is 2.11. The van der Waals surface area contributed by atoms with Crippen LogP contribution in [0.1, 0.15) is 26.2 Å². The van der Waals surface area contributed by atoms with E-state index in [1.165, 1.54) is 4.90 Å². The first-order valence-corrected chi connectivity index (χ1v) is 5.57. The van der Waals surface area contributed by atoms with Gasteiger partial charge >= 0.3 is 12.0 Å². The van der Waals surface area contributed by atoms with Crippen molar-refractivity contribution in [3.05, 3.63) is 0 Å². The maximum absolute atomic E-state index is 11.4. The third-order valence-electron chi connectivity index (χ3n) is 2.42. The average molecular weight is 241 g/mol. The van der Waals surface area contributed by atoms with Crippen LogP contribution in [0.4, 0.5) is 4.79 Å². The van der Waals surface area contributed by atoms with Gasteiger partial charge in [0, 0.05) is 20.1 Å². The molecule has 1 unspecified atom stereocenters. The van der Waals surface area contributed by atoms with E-state index >= 15 is 0 Å². The number of nitrogens with zero attached hydrogens (tertiary/aromatic N) is 2. The molecule has 0 saturated heterocycles. The average Bonchev–Trinajstić information content (AvgIpc) is 2.30. The highest BCUT2D eigenvalue weighted by molar-refractivity contribution is 5.73. The van der Waals surface area contributed by atoms with Crippen molar-refractivity contribution in [2.45, 2.75) is 26.2 Å². The van der Waals surface area contributed by atoms with Crippen LogP contribution in [0.25, 0.3) is 0 Å². The first-order chi connectivity index (χ1) is 7.99. The van der Waals surface area contributed by atoms with E-state index in [-0.39, 0.29) is 11.9 Å². The van der Waals surface area contributed by atoms with Gasteiger partial charge in [-0.1, -0.05) is 6.92 Å². The van der Waals surface area contributed by atoms with Gasteiger partial charge in [0.1, 0.15) is 0 Å². The summed E-state index contributed by atoms with van der Waals surface area (Å²) in [6.07, 6.45) is 1.47. The van der Waals surface area contributed by atoms with Crippen molar-refractivity contribution >= 4 is 12.0 Å². The maximum Gasteiger partial charge on any atom is 0.317 e. The molecular weight excluding hydrogens is 222 g/mol. The molecule has 0 spiro atoms. The van der Waals surface area contributed by atoms with Crippen molar-refractivity contribution in [1.82, 2.24) is 10.2 Å². The van der Waals surface area contributed by atoms with Crippen LogP contribution in [0.2, 0.25) is 0 Å². The molecule has 17 heavy (non-hydrogen) atoms. The molecular formula is C11H19N3O3. The molecule has 0 aromatic rings. The molecule has 0 aliphatic rings. The van der Waals surface area contributed by atoms with Crippen LogP contribution >= 0.6 is 0 Å². The van der Waals surface area contributed by atoms with Crippen LogP contribution in [0.15, 0.2) is 0 Å². The van der Waals surface area contributed by atoms with Crippen molar-refractivity contribution in [2.75, 3.05) is 20.1 Å². The van der Waals surface area contributed by atoms with E-state index < -0.39 is 5.97 Å². The first kappa shape index (κ1) is 15.2. The Labute approximate surface area is 101 Å². The van der Waals surface area contributed by atoms with Gasteiger partial charge in [0.05, 0.1) is 18.4 Å². The lowest BCUT2D eigenvalue weighted by atomic mass is 10.1. The number of carboxylic acids is 1. The molecule has 0 aliphatic heterocycles. The quantitative estimate of drug-likeness (QED) is 0.651. The number of rotatable bonds is 7. The number of urea groups is 1. The summed E-state index contributed by atoms with van der Waals surface area (Å²) in [6.45, 7) is 2.49. The number of carboxylic acid groups (broad SMARTS) is 1. The zero-order valence-electron chi connectivity index (χ0n) is 10.3. The topological polar surface area (TPSA) is 93.4 Å². The van der Waals surface area contributed by atoms with Gasteiger partial charge in [-0.2, -0.15) is 5.26 Å². The first-order valence-electron chi connectivity index (χ1n) is 5.57. The molecule has 96 valence electrons. The normalized spacial score (nSPS) is 11.4. The van der Waals surface area contributed by atoms with Crippen LogP contribution in [-0.4, -0.2) is 42.1 Å². The van der Waals surface area contributed by atoms with Gasteiger partial charge in [-0.3, -0.25) is 4.79 Å². The minimum atomic E-state index is -0.817. The molecule has 0 saturated carbocycles. The number of hydrogen-bond acceptors (Lipinski definition) is 3. The molecule has 6 nitrogen and oxygen atoms in total. The lowest BCUT2D eigenvalue weighted by molar-refractivity contribution is -0.141. The Balaban J connectivity index is 3.64. The molecule has 0 aromatic carbocycles. The number of nitriles is 1. The summed E-state index contributed by atoms with van der Waals surface area (Å²) in [7, 11) is 1.62. The Morgan fingerprint density at radius 2 is 2.18 bits per heavy atom. The second kappa shape index (κ2) is 8.39. The Bertz CT molecular complexity index is 299. The maximum atomic E-state index is 11.4. The Hall–Kier alpha value is -1.77. The molecule has 0 radical (unpaired) electrons. The number of hydrogen-bond donors (Lipinski definition) is 2. The van der Waals surface area contributed by atoms with E-state index in [1.807, 2.05) is 6.07 Å². The van der Waals surface area contributed by atoms with Gasteiger partial charge < -0.3 is 15.3 Å². The molecule has 0 aliphatic carbocycles.